The normalized spacial score (nSPS) is 17.1. The maximum Gasteiger partial charge on any atom is 0.167 e. The van der Waals surface area contributed by atoms with E-state index in [1.807, 2.05) is 12.1 Å². The lowest BCUT2D eigenvalue weighted by molar-refractivity contribution is -0.115. The minimum absolute atomic E-state index is 0.0628. The molecule has 2 aromatic rings. The Morgan fingerprint density at radius 3 is 2.48 bits per heavy atom. The molecular formula is C24H28ClNO2S. The van der Waals surface area contributed by atoms with E-state index < -0.39 is 0 Å². The summed E-state index contributed by atoms with van der Waals surface area (Å²) in [6, 6.07) is 7.93. The number of thioether (sulfide) groups is 1. The number of benzene rings is 1. The molecule has 1 atom stereocenters. The number of carbonyl (C=O) groups is 1. The molecule has 0 saturated heterocycles. The standard InChI is InChI=1S/C24H28ClNO2S/c1-4-17-11-15(3)12-18(5-2)22(17)23-20(27)13-16(14-21(23)28)8-10-29-24-19(25)7-6-9-26-24/h6-7,9,11-12,16,27H,4-5,8,10,13-14H2,1-3H3. The predicted octanol–water partition coefficient (Wildman–Crippen LogP) is 6.60. The third-order valence-electron chi connectivity index (χ3n) is 5.47. The fraction of sp³-hybridized carbons (Fsp3) is 0.417. The first-order valence-electron chi connectivity index (χ1n) is 10.3. The van der Waals surface area contributed by atoms with Crippen molar-refractivity contribution in [2.45, 2.75) is 57.9 Å². The summed E-state index contributed by atoms with van der Waals surface area (Å²) in [5, 5.41) is 12.3. The molecule has 0 fully saturated rings. The molecule has 0 aliphatic heterocycles. The van der Waals surface area contributed by atoms with E-state index in [9.17, 15) is 9.90 Å². The van der Waals surface area contributed by atoms with Crippen LogP contribution >= 0.6 is 23.4 Å². The van der Waals surface area contributed by atoms with Gasteiger partial charge in [0.2, 0.25) is 0 Å². The number of nitrogens with zero attached hydrogens (tertiary/aromatic N) is 1. The van der Waals surface area contributed by atoms with Crippen molar-refractivity contribution in [3.8, 4) is 0 Å². The highest BCUT2D eigenvalue weighted by molar-refractivity contribution is 7.99. The zero-order chi connectivity index (χ0) is 21.0. The quantitative estimate of drug-likeness (QED) is 0.503. The van der Waals surface area contributed by atoms with Gasteiger partial charge in [0.1, 0.15) is 10.8 Å². The number of hydrogen-bond donors (Lipinski definition) is 1. The van der Waals surface area contributed by atoms with Gasteiger partial charge in [-0.1, -0.05) is 43.1 Å². The Kier molecular flexibility index (Phi) is 7.42. The maximum atomic E-state index is 13.1. The highest BCUT2D eigenvalue weighted by atomic mass is 35.5. The van der Waals surface area contributed by atoms with Gasteiger partial charge >= 0.3 is 0 Å². The smallest absolute Gasteiger partial charge is 0.167 e. The van der Waals surface area contributed by atoms with Crippen LogP contribution in [0.25, 0.3) is 5.57 Å². The van der Waals surface area contributed by atoms with Crippen LogP contribution in [-0.4, -0.2) is 21.6 Å². The molecular weight excluding hydrogens is 402 g/mol. The third kappa shape index (κ3) is 5.04. The highest BCUT2D eigenvalue weighted by Crippen LogP contribution is 2.38. The molecule has 1 N–H and O–H groups in total. The molecule has 1 heterocycles. The van der Waals surface area contributed by atoms with Crippen LogP contribution in [0.4, 0.5) is 0 Å². The molecule has 0 amide bonds. The van der Waals surface area contributed by atoms with E-state index in [2.05, 4.69) is 37.9 Å². The number of halogens is 1. The number of carbonyl (C=O) groups excluding carboxylic acids is 1. The summed E-state index contributed by atoms with van der Waals surface area (Å²) < 4.78 is 0. The molecule has 3 nitrogen and oxygen atoms in total. The van der Waals surface area contributed by atoms with E-state index in [1.54, 1.807) is 18.0 Å². The monoisotopic (exact) mass is 429 g/mol. The summed E-state index contributed by atoms with van der Waals surface area (Å²) in [5.74, 6) is 1.29. The fourth-order valence-electron chi connectivity index (χ4n) is 4.08. The Morgan fingerprint density at radius 1 is 1.21 bits per heavy atom. The van der Waals surface area contributed by atoms with E-state index in [-0.39, 0.29) is 17.5 Å². The van der Waals surface area contributed by atoms with E-state index in [1.165, 1.54) is 5.56 Å². The Hall–Kier alpha value is -1.78. The Morgan fingerprint density at radius 2 is 1.90 bits per heavy atom. The minimum atomic E-state index is 0.0628. The third-order valence-corrected chi connectivity index (χ3v) is 6.93. The predicted molar refractivity (Wildman–Crippen MR) is 122 cm³/mol. The molecule has 1 aromatic heterocycles. The zero-order valence-electron chi connectivity index (χ0n) is 17.3. The van der Waals surface area contributed by atoms with Gasteiger partial charge in [-0.25, -0.2) is 4.98 Å². The first-order valence-corrected chi connectivity index (χ1v) is 11.6. The van der Waals surface area contributed by atoms with Crippen LogP contribution in [0.5, 0.6) is 0 Å². The van der Waals surface area contributed by atoms with Crippen molar-refractivity contribution in [2.75, 3.05) is 5.75 Å². The Labute approximate surface area is 182 Å². The molecule has 5 heteroatoms. The summed E-state index contributed by atoms with van der Waals surface area (Å²) in [6.07, 6.45) is 5.30. The summed E-state index contributed by atoms with van der Waals surface area (Å²) >= 11 is 7.76. The van der Waals surface area contributed by atoms with Gasteiger partial charge in [-0.15, -0.1) is 11.8 Å². The molecule has 1 aliphatic rings. The number of aliphatic hydroxyl groups is 1. The second-order valence-electron chi connectivity index (χ2n) is 7.61. The lowest BCUT2D eigenvalue weighted by Gasteiger charge is -2.26. The van der Waals surface area contributed by atoms with Gasteiger partial charge in [0.05, 0.1) is 10.6 Å². The van der Waals surface area contributed by atoms with Gasteiger partial charge in [0.25, 0.3) is 0 Å². The summed E-state index contributed by atoms with van der Waals surface area (Å²) in [7, 11) is 0. The van der Waals surface area contributed by atoms with Crippen molar-refractivity contribution in [2.24, 2.45) is 5.92 Å². The second kappa shape index (κ2) is 9.82. The molecule has 1 unspecified atom stereocenters. The number of pyridine rings is 1. The molecule has 1 aromatic carbocycles. The molecule has 0 saturated carbocycles. The number of hydrogen-bond acceptors (Lipinski definition) is 4. The van der Waals surface area contributed by atoms with Gasteiger partial charge in [0.15, 0.2) is 5.78 Å². The fourth-order valence-corrected chi connectivity index (χ4v) is 5.35. The molecule has 29 heavy (non-hydrogen) atoms. The lowest BCUT2D eigenvalue weighted by atomic mass is 9.79. The first kappa shape index (κ1) is 21.9. The topological polar surface area (TPSA) is 50.2 Å². The highest BCUT2D eigenvalue weighted by Gasteiger charge is 2.30. The molecule has 0 radical (unpaired) electrons. The van der Waals surface area contributed by atoms with E-state index in [0.29, 0.717) is 23.4 Å². The maximum absolute atomic E-state index is 13.1. The van der Waals surface area contributed by atoms with Crippen molar-refractivity contribution in [3.63, 3.8) is 0 Å². The van der Waals surface area contributed by atoms with Crippen molar-refractivity contribution in [3.05, 3.63) is 63.5 Å². The van der Waals surface area contributed by atoms with Crippen LogP contribution in [-0.2, 0) is 17.6 Å². The van der Waals surface area contributed by atoms with Crippen LogP contribution in [0, 0.1) is 12.8 Å². The van der Waals surface area contributed by atoms with Crippen molar-refractivity contribution >= 4 is 34.7 Å². The Balaban J connectivity index is 1.77. The van der Waals surface area contributed by atoms with Crippen LogP contribution in [0.1, 0.15) is 55.4 Å². The van der Waals surface area contributed by atoms with E-state index in [4.69, 9.17) is 11.6 Å². The van der Waals surface area contributed by atoms with Crippen LogP contribution in [0.15, 0.2) is 41.2 Å². The zero-order valence-corrected chi connectivity index (χ0v) is 18.9. The number of aromatic nitrogens is 1. The van der Waals surface area contributed by atoms with Gasteiger partial charge in [-0.2, -0.15) is 0 Å². The van der Waals surface area contributed by atoms with Crippen molar-refractivity contribution in [1.29, 1.82) is 0 Å². The van der Waals surface area contributed by atoms with Crippen LogP contribution < -0.4 is 0 Å². The number of allylic oxidation sites excluding steroid dienone is 2. The van der Waals surface area contributed by atoms with Gasteiger partial charge in [0, 0.05) is 19.0 Å². The molecule has 1 aliphatic carbocycles. The molecule has 3 rings (SSSR count). The van der Waals surface area contributed by atoms with Crippen LogP contribution in [0.3, 0.4) is 0 Å². The second-order valence-corrected chi connectivity index (χ2v) is 9.10. The molecule has 0 bridgehead atoms. The van der Waals surface area contributed by atoms with E-state index in [0.717, 1.165) is 46.7 Å². The number of aryl methyl sites for hydroxylation is 3. The molecule has 154 valence electrons. The summed E-state index contributed by atoms with van der Waals surface area (Å²) in [4.78, 5) is 17.4. The van der Waals surface area contributed by atoms with Gasteiger partial charge < -0.3 is 5.11 Å². The summed E-state index contributed by atoms with van der Waals surface area (Å²) in [6.45, 7) is 6.29. The minimum Gasteiger partial charge on any atom is -0.512 e. The molecule has 0 spiro atoms. The van der Waals surface area contributed by atoms with Gasteiger partial charge in [-0.3, -0.25) is 4.79 Å². The Bertz CT molecular complexity index is 913. The lowest BCUT2D eigenvalue weighted by Crippen LogP contribution is -2.21. The first-order chi connectivity index (χ1) is 13.9. The SMILES string of the molecule is CCc1cc(C)cc(CC)c1C1=C(O)CC(CCSc2ncccc2Cl)CC1=O. The largest absolute Gasteiger partial charge is 0.512 e. The van der Waals surface area contributed by atoms with E-state index >= 15 is 0 Å². The van der Waals surface area contributed by atoms with Crippen molar-refractivity contribution in [1.82, 2.24) is 4.98 Å². The number of rotatable bonds is 7. The number of Topliss-reactive ketones (excluding diaryl/α,β-unsaturated/α-hetero) is 1. The van der Waals surface area contributed by atoms with Crippen molar-refractivity contribution < 1.29 is 9.90 Å². The number of ketones is 1. The number of aliphatic hydroxyl groups excluding tert-OH is 1. The summed E-state index contributed by atoms with van der Waals surface area (Å²) in [5.41, 5.74) is 5.02. The van der Waals surface area contributed by atoms with Gasteiger partial charge in [-0.05, 0) is 66.7 Å². The van der Waals surface area contributed by atoms with Crippen LogP contribution in [0.2, 0.25) is 5.02 Å². The average molecular weight is 430 g/mol. The average Bonchev–Trinajstić information content (AvgIpc) is 2.69.